The fourth-order valence-corrected chi connectivity index (χ4v) is 4.41. The highest BCUT2D eigenvalue weighted by Gasteiger charge is 2.32. The van der Waals surface area contributed by atoms with E-state index < -0.39 is 0 Å². The number of thioether (sulfide) groups is 1. The van der Waals surface area contributed by atoms with Crippen LogP contribution in [0.1, 0.15) is 34.9 Å². The van der Waals surface area contributed by atoms with Gasteiger partial charge in [-0.3, -0.25) is 4.79 Å². The van der Waals surface area contributed by atoms with Gasteiger partial charge in [-0.05, 0) is 55.0 Å². The highest BCUT2D eigenvalue weighted by molar-refractivity contribution is 7.98. The second-order valence-corrected chi connectivity index (χ2v) is 8.04. The third-order valence-electron chi connectivity index (χ3n) is 5.24. The molecule has 1 unspecified atom stereocenters. The molecular weight excluding hydrogens is 364 g/mol. The van der Waals surface area contributed by atoms with Crippen molar-refractivity contribution in [3.05, 3.63) is 64.8 Å². The van der Waals surface area contributed by atoms with E-state index >= 15 is 0 Å². The monoisotopic (exact) mass is 384 g/mol. The Morgan fingerprint density at radius 1 is 1.15 bits per heavy atom. The first-order valence-corrected chi connectivity index (χ1v) is 10.4. The van der Waals surface area contributed by atoms with Crippen LogP contribution < -0.4 is 0 Å². The van der Waals surface area contributed by atoms with Crippen molar-refractivity contribution in [1.29, 1.82) is 0 Å². The van der Waals surface area contributed by atoms with Crippen molar-refractivity contribution in [2.75, 3.05) is 12.8 Å². The van der Waals surface area contributed by atoms with Gasteiger partial charge in [0.25, 0.3) is 5.91 Å². The van der Waals surface area contributed by atoms with Crippen molar-refractivity contribution >= 4 is 40.2 Å². The zero-order chi connectivity index (χ0) is 18.3. The summed E-state index contributed by atoms with van der Waals surface area (Å²) in [6, 6.07) is 16.5. The minimum atomic E-state index is 0.0938. The second-order valence-electron chi connectivity index (χ2n) is 6.72. The molecule has 0 spiro atoms. The SMILES string of the molecule is CSc1ccc(C2CCCN2C(=O)c2cc3ccc(Cl)cc3n2C)cc1. The number of hydrogen-bond donors (Lipinski definition) is 0. The summed E-state index contributed by atoms with van der Waals surface area (Å²) < 4.78 is 1.95. The van der Waals surface area contributed by atoms with Gasteiger partial charge in [0.05, 0.1) is 6.04 Å². The smallest absolute Gasteiger partial charge is 0.271 e. The van der Waals surface area contributed by atoms with Gasteiger partial charge < -0.3 is 9.47 Å². The first kappa shape index (κ1) is 17.5. The van der Waals surface area contributed by atoms with E-state index in [1.165, 1.54) is 10.5 Å². The molecule has 4 rings (SSSR count). The summed E-state index contributed by atoms with van der Waals surface area (Å²) in [5, 5.41) is 1.73. The molecule has 0 saturated carbocycles. The summed E-state index contributed by atoms with van der Waals surface area (Å²) in [4.78, 5) is 16.6. The van der Waals surface area contributed by atoms with E-state index in [1.807, 2.05) is 40.8 Å². The van der Waals surface area contributed by atoms with E-state index in [4.69, 9.17) is 11.6 Å². The van der Waals surface area contributed by atoms with E-state index in [1.54, 1.807) is 11.8 Å². The van der Waals surface area contributed by atoms with Gasteiger partial charge >= 0.3 is 0 Å². The Hall–Kier alpha value is -1.91. The molecule has 0 N–H and O–H groups in total. The Morgan fingerprint density at radius 2 is 1.92 bits per heavy atom. The predicted molar refractivity (Wildman–Crippen MR) is 109 cm³/mol. The van der Waals surface area contributed by atoms with Crippen molar-refractivity contribution in [2.45, 2.75) is 23.8 Å². The zero-order valence-corrected chi connectivity index (χ0v) is 16.5. The highest BCUT2D eigenvalue weighted by atomic mass is 35.5. The Bertz CT molecular complexity index is 964. The summed E-state index contributed by atoms with van der Waals surface area (Å²) in [6.07, 6.45) is 4.13. The summed E-state index contributed by atoms with van der Waals surface area (Å²) in [5.41, 5.74) is 2.92. The molecule has 0 radical (unpaired) electrons. The third-order valence-corrected chi connectivity index (χ3v) is 6.22. The number of amides is 1. The van der Waals surface area contributed by atoms with Crippen molar-refractivity contribution < 1.29 is 4.79 Å². The minimum Gasteiger partial charge on any atom is -0.340 e. The topological polar surface area (TPSA) is 25.2 Å². The number of halogens is 1. The van der Waals surface area contributed by atoms with Crippen molar-refractivity contribution in [1.82, 2.24) is 9.47 Å². The van der Waals surface area contributed by atoms with Crippen LogP contribution in [0.5, 0.6) is 0 Å². The van der Waals surface area contributed by atoms with Gasteiger partial charge in [-0.15, -0.1) is 11.8 Å². The largest absolute Gasteiger partial charge is 0.340 e. The van der Waals surface area contributed by atoms with E-state index in [2.05, 4.69) is 30.5 Å². The van der Waals surface area contributed by atoms with Gasteiger partial charge in [0.15, 0.2) is 0 Å². The Kier molecular flexibility index (Phi) is 4.72. The van der Waals surface area contributed by atoms with Crippen molar-refractivity contribution in [3.8, 4) is 0 Å². The van der Waals surface area contributed by atoms with E-state index in [0.29, 0.717) is 5.02 Å². The second kappa shape index (κ2) is 7.01. The van der Waals surface area contributed by atoms with Crippen LogP contribution in [0, 0.1) is 0 Å². The lowest BCUT2D eigenvalue weighted by molar-refractivity contribution is 0.0726. The van der Waals surface area contributed by atoms with Gasteiger partial charge in [-0.2, -0.15) is 0 Å². The molecule has 5 heteroatoms. The molecule has 1 amide bonds. The number of hydrogen-bond acceptors (Lipinski definition) is 2. The average molecular weight is 385 g/mol. The minimum absolute atomic E-state index is 0.0938. The Labute approximate surface area is 162 Å². The third kappa shape index (κ3) is 3.01. The summed E-state index contributed by atoms with van der Waals surface area (Å²) in [6.45, 7) is 0.802. The number of likely N-dealkylation sites (tertiary alicyclic amines) is 1. The predicted octanol–water partition coefficient (Wildman–Crippen LogP) is 5.53. The molecule has 3 aromatic rings. The number of fused-ring (bicyclic) bond motifs is 1. The molecule has 1 aliphatic heterocycles. The number of aryl methyl sites for hydroxylation is 1. The van der Waals surface area contributed by atoms with Gasteiger partial charge in [0.2, 0.25) is 0 Å². The van der Waals surface area contributed by atoms with Crippen LogP contribution in [-0.4, -0.2) is 28.2 Å². The summed E-state index contributed by atoms with van der Waals surface area (Å²) >= 11 is 7.86. The quantitative estimate of drug-likeness (QED) is 0.554. The molecular formula is C21H21ClN2OS. The Balaban J connectivity index is 1.67. The lowest BCUT2D eigenvalue weighted by Gasteiger charge is -2.25. The van der Waals surface area contributed by atoms with Crippen LogP contribution in [0.2, 0.25) is 5.02 Å². The highest BCUT2D eigenvalue weighted by Crippen LogP contribution is 2.34. The maximum absolute atomic E-state index is 13.3. The normalized spacial score (nSPS) is 17.2. The van der Waals surface area contributed by atoms with Gasteiger partial charge in [0.1, 0.15) is 5.69 Å². The molecule has 1 saturated heterocycles. The fourth-order valence-electron chi connectivity index (χ4n) is 3.84. The van der Waals surface area contributed by atoms with Crippen LogP contribution in [0.15, 0.2) is 53.4 Å². The van der Waals surface area contributed by atoms with Gasteiger partial charge in [-0.25, -0.2) is 0 Å². The molecule has 2 heterocycles. The average Bonchev–Trinajstić information content (AvgIpc) is 3.27. The molecule has 0 aliphatic carbocycles. The van der Waals surface area contributed by atoms with Crippen LogP contribution >= 0.6 is 23.4 Å². The molecule has 0 bridgehead atoms. The number of nitrogens with zero attached hydrogens (tertiary/aromatic N) is 2. The van der Waals surface area contributed by atoms with E-state index in [-0.39, 0.29) is 11.9 Å². The number of rotatable bonds is 3. The molecule has 1 atom stereocenters. The molecule has 1 fully saturated rings. The number of carbonyl (C=O) groups excluding carboxylic acids is 1. The number of carbonyl (C=O) groups is 1. The zero-order valence-electron chi connectivity index (χ0n) is 14.9. The first-order valence-electron chi connectivity index (χ1n) is 8.78. The van der Waals surface area contributed by atoms with E-state index in [9.17, 15) is 4.79 Å². The molecule has 2 aromatic carbocycles. The standard InChI is InChI=1S/C21H21ClN2OS/c1-23-19-13-16(22)8-5-15(19)12-20(23)21(25)24-11-3-4-18(24)14-6-9-17(26-2)10-7-14/h5-10,12-13,18H,3-4,11H2,1-2H3. The molecule has 1 aliphatic rings. The number of aromatic nitrogens is 1. The molecule has 134 valence electrons. The Morgan fingerprint density at radius 3 is 2.65 bits per heavy atom. The van der Waals surface area contributed by atoms with Crippen LogP contribution in [0.25, 0.3) is 10.9 Å². The molecule has 3 nitrogen and oxygen atoms in total. The molecule has 1 aromatic heterocycles. The van der Waals surface area contributed by atoms with Crippen LogP contribution in [-0.2, 0) is 7.05 Å². The van der Waals surface area contributed by atoms with Crippen LogP contribution in [0.3, 0.4) is 0 Å². The van der Waals surface area contributed by atoms with Gasteiger partial charge in [0, 0.05) is 34.4 Å². The summed E-state index contributed by atoms with van der Waals surface area (Å²) in [7, 11) is 1.93. The van der Waals surface area contributed by atoms with Crippen molar-refractivity contribution in [3.63, 3.8) is 0 Å². The maximum atomic E-state index is 13.3. The number of benzene rings is 2. The van der Waals surface area contributed by atoms with Crippen molar-refractivity contribution in [2.24, 2.45) is 7.05 Å². The lowest BCUT2D eigenvalue weighted by Crippen LogP contribution is -2.31. The van der Waals surface area contributed by atoms with Gasteiger partial charge in [-0.1, -0.05) is 29.8 Å². The fraction of sp³-hybridized carbons (Fsp3) is 0.286. The van der Waals surface area contributed by atoms with Crippen LogP contribution in [0.4, 0.5) is 0 Å². The molecule has 26 heavy (non-hydrogen) atoms. The first-order chi connectivity index (χ1) is 12.6. The lowest BCUT2D eigenvalue weighted by atomic mass is 10.0. The van der Waals surface area contributed by atoms with E-state index in [0.717, 1.165) is 36.0 Å². The maximum Gasteiger partial charge on any atom is 0.271 e. The summed E-state index contributed by atoms with van der Waals surface area (Å²) in [5.74, 6) is 0.0938.